The topological polar surface area (TPSA) is 51.1 Å². The largest absolute Gasteiger partial charge is 0.348 e. The standard InChI is InChI=1S/C14H13FN2O2/c1-17-8-4-6-11(14(17)19)13(18)16-9-10-5-2-3-7-12(10)15/h2-8H,9H2,1H3,(H,16,18). The van der Waals surface area contributed by atoms with Crippen molar-refractivity contribution >= 4 is 5.91 Å². The Morgan fingerprint density at radius 3 is 2.74 bits per heavy atom. The summed E-state index contributed by atoms with van der Waals surface area (Å²) < 4.78 is 14.7. The van der Waals surface area contributed by atoms with Crippen LogP contribution in [0.25, 0.3) is 0 Å². The summed E-state index contributed by atoms with van der Waals surface area (Å²) in [4.78, 5) is 23.6. The molecule has 0 saturated carbocycles. The average Bonchev–Trinajstić information content (AvgIpc) is 2.40. The van der Waals surface area contributed by atoms with Gasteiger partial charge in [-0.25, -0.2) is 4.39 Å². The fourth-order valence-electron chi connectivity index (χ4n) is 1.68. The number of hydrogen-bond donors (Lipinski definition) is 1. The van der Waals surface area contributed by atoms with Crippen LogP contribution in [0.5, 0.6) is 0 Å². The lowest BCUT2D eigenvalue weighted by Gasteiger charge is -2.06. The van der Waals surface area contributed by atoms with E-state index < -0.39 is 5.91 Å². The van der Waals surface area contributed by atoms with Gasteiger partial charge in [-0.1, -0.05) is 18.2 Å². The monoisotopic (exact) mass is 260 g/mol. The molecule has 1 aromatic carbocycles. The van der Waals surface area contributed by atoms with Crippen LogP contribution in [0, 0.1) is 5.82 Å². The van der Waals surface area contributed by atoms with Crippen LogP contribution >= 0.6 is 0 Å². The van der Waals surface area contributed by atoms with Crippen molar-refractivity contribution in [1.29, 1.82) is 0 Å². The second kappa shape index (κ2) is 5.48. The molecule has 1 amide bonds. The Labute approximate surface area is 109 Å². The Kier molecular flexibility index (Phi) is 3.75. The fourth-order valence-corrected chi connectivity index (χ4v) is 1.68. The summed E-state index contributed by atoms with van der Waals surface area (Å²) in [6.07, 6.45) is 1.57. The quantitative estimate of drug-likeness (QED) is 0.908. The van der Waals surface area contributed by atoms with Gasteiger partial charge in [-0.15, -0.1) is 0 Å². The smallest absolute Gasteiger partial charge is 0.263 e. The highest BCUT2D eigenvalue weighted by molar-refractivity contribution is 5.93. The molecule has 1 heterocycles. The lowest BCUT2D eigenvalue weighted by Crippen LogP contribution is -2.31. The Balaban J connectivity index is 2.13. The molecule has 98 valence electrons. The summed E-state index contributed by atoms with van der Waals surface area (Å²) in [6.45, 7) is 0.0452. The highest BCUT2D eigenvalue weighted by Gasteiger charge is 2.11. The maximum atomic E-state index is 13.4. The van der Waals surface area contributed by atoms with Gasteiger partial charge in [0.25, 0.3) is 11.5 Å². The third-order valence-corrected chi connectivity index (χ3v) is 2.77. The third kappa shape index (κ3) is 2.88. The Morgan fingerprint density at radius 1 is 1.26 bits per heavy atom. The molecule has 0 aliphatic rings. The van der Waals surface area contributed by atoms with Crippen LogP contribution in [0.4, 0.5) is 4.39 Å². The molecule has 2 aromatic rings. The van der Waals surface area contributed by atoms with Gasteiger partial charge < -0.3 is 9.88 Å². The minimum atomic E-state index is -0.510. The molecule has 0 aliphatic carbocycles. The molecule has 0 unspecified atom stereocenters. The van der Waals surface area contributed by atoms with E-state index in [4.69, 9.17) is 0 Å². The van der Waals surface area contributed by atoms with Crippen LogP contribution in [0.2, 0.25) is 0 Å². The molecule has 0 atom stereocenters. The number of benzene rings is 1. The number of hydrogen-bond acceptors (Lipinski definition) is 2. The van der Waals surface area contributed by atoms with E-state index in [1.165, 1.54) is 16.7 Å². The van der Waals surface area contributed by atoms with Gasteiger partial charge in [0, 0.05) is 25.4 Å². The first-order valence-electron chi connectivity index (χ1n) is 5.77. The van der Waals surface area contributed by atoms with Crippen LogP contribution in [-0.4, -0.2) is 10.5 Å². The maximum absolute atomic E-state index is 13.4. The van der Waals surface area contributed by atoms with Gasteiger partial charge in [0.15, 0.2) is 0 Å². The highest BCUT2D eigenvalue weighted by atomic mass is 19.1. The number of rotatable bonds is 3. The molecule has 0 aliphatic heterocycles. The number of pyridine rings is 1. The van der Waals surface area contributed by atoms with Crippen molar-refractivity contribution in [1.82, 2.24) is 9.88 Å². The normalized spacial score (nSPS) is 10.2. The van der Waals surface area contributed by atoms with Gasteiger partial charge in [-0.05, 0) is 18.2 Å². The van der Waals surface area contributed by atoms with Crippen molar-refractivity contribution in [3.63, 3.8) is 0 Å². The van der Waals surface area contributed by atoms with Crippen LogP contribution in [0.3, 0.4) is 0 Å². The predicted molar refractivity (Wildman–Crippen MR) is 69.3 cm³/mol. The van der Waals surface area contributed by atoms with Gasteiger partial charge in [0.2, 0.25) is 0 Å². The molecule has 1 aromatic heterocycles. The molecule has 0 spiro atoms. The van der Waals surface area contributed by atoms with Crippen molar-refractivity contribution in [3.8, 4) is 0 Å². The molecule has 19 heavy (non-hydrogen) atoms. The van der Waals surface area contributed by atoms with Crippen LogP contribution in [-0.2, 0) is 13.6 Å². The average molecular weight is 260 g/mol. The van der Waals surface area contributed by atoms with Crippen molar-refractivity contribution < 1.29 is 9.18 Å². The second-order valence-corrected chi connectivity index (χ2v) is 4.11. The van der Waals surface area contributed by atoms with E-state index in [-0.39, 0.29) is 23.5 Å². The number of carbonyl (C=O) groups is 1. The van der Waals surface area contributed by atoms with Crippen molar-refractivity contribution in [2.24, 2.45) is 7.05 Å². The summed E-state index contributed by atoms with van der Waals surface area (Å²) in [7, 11) is 1.57. The van der Waals surface area contributed by atoms with Crippen LogP contribution in [0.15, 0.2) is 47.4 Å². The lowest BCUT2D eigenvalue weighted by molar-refractivity contribution is 0.0948. The predicted octanol–water partition coefficient (Wildman–Crippen LogP) is 1.45. The summed E-state index contributed by atoms with van der Waals surface area (Å²) >= 11 is 0. The summed E-state index contributed by atoms with van der Waals surface area (Å²) in [5, 5.41) is 2.53. The number of carbonyl (C=O) groups excluding carboxylic acids is 1. The molecule has 0 radical (unpaired) electrons. The van der Waals surface area contributed by atoms with Crippen molar-refractivity contribution in [2.45, 2.75) is 6.54 Å². The zero-order chi connectivity index (χ0) is 13.8. The molecule has 0 bridgehead atoms. The highest BCUT2D eigenvalue weighted by Crippen LogP contribution is 2.05. The minimum Gasteiger partial charge on any atom is -0.348 e. The lowest BCUT2D eigenvalue weighted by atomic mass is 10.2. The molecule has 5 heteroatoms. The Bertz CT molecular complexity index is 664. The molecule has 0 fully saturated rings. The molecule has 4 nitrogen and oxygen atoms in total. The Morgan fingerprint density at radius 2 is 2.00 bits per heavy atom. The fraction of sp³-hybridized carbons (Fsp3) is 0.143. The van der Waals surface area contributed by atoms with Gasteiger partial charge in [-0.3, -0.25) is 9.59 Å². The van der Waals surface area contributed by atoms with E-state index in [2.05, 4.69) is 5.32 Å². The molecule has 2 rings (SSSR count). The SMILES string of the molecule is Cn1cccc(C(=O)NCc2ccccc2F)c1=O. The van der Waals surface area contributed by atoms with E-state index >= 15 is 0 Å². The van der Waals surface area contributed by atoms with Crippen LogP contribution < -0.4 is 10.9 Å². The number of amides is 1. The molecule has 1 N–H and O–H groups in total. The van der Waals surface area contributed by atoms with Gasteiger partial charge >= 0.3 is 0 Å². The van der Waals surface area contributed by atoms with E-state index in [0.29, 0.717) is 5.56 Å². The maximum Gasteiger partial charge on any atom is 0.263 e. The zero-order valence-electron chi connectivity index (χ0n) is 10.4. The number of nitrogens with one attached hydrogen (secondary N) is 1. The molecule has 0 saturated heterocycles. The van der Waals surface area contributed by atoms with E-state index in [0.717, 1.165) is 0 Å². The van der Waals surface area contributed by atoms with E-state index in [9.17, 15) is 14.0 Å². The zero-order valence-corrected chi connectivity index (χ0v) is 10.4. The van der Waals surface area contributed by atoms with Crippen molar-refractivity contribution in [3.05, 3.63) is 69.9 Å². The number of halogens is 1. The van der Waals surface area contributed by atoms with Crippen molar-refractivity contribution in [2.75, 3.05) is 0 Å². The first kappa shape index (κ1) is 13.0. The third-order valence-electron chi connectivity index (χ3n) is 2.77. The number of aromatic nitrogens is 1. The van der Waals surface area contributed by atoms with E-state index in [1.54, 1.807) is 37.5 Å². The summed E-state index contributed by atoms with van der Waals surface area (Å²) in [6, 6.07) is 9.22. The minimum absolute atomic E-state index is 0.0429. The molecular formula is C14H13FN2O2. The summed E-state index contributed by atoms with van der Waals surface area (Å²) in [5.41, 5.74) is 0.0403. The van der Waals surface area contributed by atoms with Gasteiger partial charge in [0.05, 0.1) is 0 Å². The number of nitrogens with zero attached hydrogens (tertiary/aromatic N) is 1. The Hall–Kier alpha value is -2.43. The molecular weight excluding hydrogens is 247 g/mol. The second-order valence-electron chi connectivity index (χ2n) is 4.11. The first-order valence-corrected chi connectivity index (χ1v) is 5.77. The van der Waals surface area contributed by atoms with Gasteiger partial charge in [-0.2, -0.15) is 0 Å². The number of aryl methyl sites for hydroxylation is 1. The summed E-state index contributed by atoms with van der Waals surface area (Å²) in [5.74, 6) is -0.895. The van der Waals surface area contributed by atoms with Gasteiger partial charge in [0.1, 0.15) is 11.4 Å². The van der Waals surface area contributed by atoms with Crippen LogP contribution in [0.1, 0.15) is 15.9 Å². The van der Waals surface area contributed by atoms with E-state index in [1.807, 2.05) is 0 Å². The first-order chi connectivity index (χ1) is 9.09.